The highest BCUT2D eigenvalue weighted by Gasteiger charge is 1.94. The Morgan fingerprint density at radius 2 is 1.75 bits per heavy atom. The second kappa shape index (κ2) is 3.44. The van der Waals surface area contributed by atoms with Crippen molar-refractivity contribution >= 4 is 15.7 Å². The van der Waals surface area contributed by atoms with Gasteiger partial charge in [-0.05, 0) is 12.1 Å². The second-order valence-corrected chi connectivity index (χ2v) is 3.88. The first-order chi connectivity index (χ1) is 5.58. The lowest BCUT2D eigenvalue weighted by Gasteiger charge is -1.87. The van der Waals surface area contributed by atoms with Gasteiger partial charge in [-0.3, -0.25) is 0 Å². The number of benzene rings is 1. The van der Waals surface area contributed by atoms with Gasteiger partial charge in [-0.25, -0.2) is 8.42 Å². The van der Waals surface area contributed by atoms with E-state index in [0.29, 0.717) is 5.69 Å². The Hall–Kier alpha value is -1.23. The number of hydrogen-bond acceptors (Lipinski definition) is 3. The van der Waals surface area contributed by atoms with Gasteiger partial charge < -0.3 is 0 Å². The maximum Gasteiger partial charge on any atom is 0.267 e. The molecule has 0 heterocycles. The average Bonchev–Trinajstić information content (AvgIpc) is 2.02. The SMILES string of the molecule is CS(=O)(=O)N=Nc1ccccc1. The second-order valence-electron chi connectivity index (χ2n) is 2.25. The van der Waals surface area contributed by atoms with Gasteiger partial charge in [0.2, 0.25) is 0 Å². The first-order valence-electron chi connectivity index (χ1n) is 3.26. The summed E-state index contributed by atoms with van der Waals surface area (Å²) in [6.45, 7) is 0. The van der Waals surface area contributed by atoms with E-state index in [1.54, 1.807) is 24.3 Å². The lowest BCUT2D eigenvalue weighted by Crippen LogP contribution is -1.86. The van der Waals surface area contributed by atoms with Crippen LogP contribution in [-0.2, 0) is 10.0 Å². The largest absolute Gasteiger partial charge is 0.267 e. The van der Waals surface area contributed by atoms with Gasteiger partial charge in [0.25, 0.3) is 10.0 Å². The van der Waals surface area contributed by atoms with Crippen molar-refractivity contribution in [2.75, 3.05) is 6.26 Å². The Morgan fingerprint density at radius 3 is 2.25 bits per heavy atom. The summed E-state index contributed by atoms with van der Waals surface area (Å²) in [6, 6.07) is 8.69. The molecule has 12 heavy (non-hydrogen) atoms. The lowest BCUT2D eigenvalue weighted by molar-refractivity contribution is 0.601. The molecule has 0 spiro atoms. The first-order valence-corrected chi connectivity index (χ1v) is 5.11. The number of rotatable bonds is 2. The molecular weight excluding hydrogens is 176 g/mol. The van der Waals surface area contributed by atoms with Crippen LogP contribution >= 0.6 is 0 Å². The average molecular weight is 184 g/mol. The summed E-state index contributed by atoms with van der Waals surface area (Å²) in [7, 11) is -3.36. The van der Waals surface area contributed by atoms with Crippen molar-refractivity contribution in [2.24, 2.45) is 9.63 Å². The molecular formula is C7H8N2O2S. The molecule has 0 saturated carbocycles. The van der Waals surface area contributed by atoms with Gasteiger partial charge >= 0.3 is 0 Å². The third-order valence-electron chi connectivity index (χ3n) is 1.06. The molecule has 64 valence electrons. The molecule has 0 aliphatic heterocycles. The van der Waals surface area contributed by atoms with E-state index in [-0.39, 0.29) is 0 Å². The standard InChI is InChI=1S/C7H8N2O2S/c1-12(10,11)9-8-7-5-3-2-4-6-7/h2-6H,1H3. The molecule has 1 rings (SSSR count). The molecule has 0 bridgehead atoms. The Morgan fingerprint density at radius 1 is 1.17 bits per heavy atom. The van der Waals surface area contributed by atoms with E-state index in [9.17, 15) is 8.42 Å². The monoisotopic (exact) mass is 184 g/mol. The van der Waals surface area contributed by atoms with Crippen molar-refractivity contribution in [3.63, 3.8) is 0 Å². The topological polar surface area (TPSA) is 58.9 Å². The predicted molar refractivity (Wildman–Crippen MR) is 45.8 cm³/mol. The van der Waals surface area contributed by atoms with E-state index in [1.807, 2.05) is 6.07 Å². The van der Waals surface area contributed by atoms with Crippen LogP contribution in [0.3, 0.4) is 0 Å². The van der Waals surface area contributed by atoms with Crippen molar-refractivity contribution in [2.45, 2.75) is 0 Å². The van der Waals surface area contributed by atoms with E-state index in [0.717, 1.165) is 6.26 Å². The summed E-state index contributed by atoms with van der Waals surface area (Å²) in [5.74, 6) is 0. The highest BCUT2D eigenvalue weighted by molar-refractivity contribution is 7.89. The number of sulfonamides is 1. The summed E-state index contributed by atoms with van der Waals surface area (Å²) >= 11 is 0. The number of hydrogen-bond donors (Lipinski definition) is 0. The fourth-order valence-electron chi connectivity index (χ4n) is 0.616. The molecule has 0 saturated heterocycles. The van der Waals surface area contributed by atoms with Crippen molar-refractivity contribution in [3.05, 3.63) is 30.3 Å². The van der Waals surface area contributed by atoms with Gasteiger partial charge in [-0.15, -0.1) is 5.11 Å². The van der Waals surface area contributed by atoms with Crippen LogP contribution in [0.5, 0.6) is 0 Å². The highest BCUT2D eigenvalue weighted by Crippen LogP contribution is 2.10. The molecule has 0 N–H and O–H groups in total. The molecule has 4 nitrogen and oxygen atoms in total. The van der Waals surface area contributed by atoms with Gasteiger partial charge in [0.15, 0.2) is 0 Å². The van der Waals surface area contributed by atoms with Crippen LogP contribution in [0.25, 0.3) is 0 Å². The molecule has 1 aromatic carbocycles. The van der Waals surface area contributed by atoms with Crippen LogP contribution < -0.4 is 0 Å². The predicted octanol–water partition coefficient (Wildman–Crippen LogP) is 1.73. The lowest BCUT2D eigenvalue weighted by atomic mass is 10.3. The molecule has 1 aromatic rings. The van der Waals surface area contributed by atoms with Crippen molar-refractivity contribution in [3.8, 4) is 0 Å². The van der Waals surface area contributed by atoms with Crippen LogP contribution in [0.2, 0.25) is 0 Å². The van der Waals surface area contributed by atoms with E-state index in [4.69, 9.17) is 0 Å². The first kappa shape index (κ1) is 8.86. The van der Waals surface area contributed by atoms with Gasteiger partial charge in [-0.2, -0.15) is 0 Å². The molecule has 5 heteroatoms. The van der Waals surface area contributed by atoms with E-state index < -0.39 is 10.0 Å². The third-order valence-corrected chi connectivity index (χ3v) is 1.44. The molecule has 0 unspecified atom stereocenters. The van der Waals surface area contributed by atoms with Crippen LogP contribution in [0.4, 0.5) is 5.69 Å². The Bertz CT molecular complexity index is 370. The maximum atomic E-state index is 10.5. The number of nitrogens with zero attached hydrogens (tertiary/aromatic N) is 2. The fourth-order valence-corrected chi connectivity index (χ4v) is 0.859. The molecule has 0 fully saturated rings. The van der Waals surface area contributed by atoms with Crippen molar-refractivity contribution in [1.29, 1.82) is 0 Å². The van der Waals surface area contributed by atoms with Crippen molar-refractivity contribution in [1.82, 2.24) is 0 Å². The smallest absolute Gasteiger partial charge is 0.203 e. The minimum atomic E-state index is -3.36. The van der Waals surface area contributed by atoms with Gasteiger partial charge in [0, 0.05) is 0 Å². The van der Waals surface area contributed by atoms with Crippen molar-refractivity contribution < 1.29 is 8.42 Å². The van der Waals surface area contributed by atoms with Gasteiger partial charge in [0.05, 0.1) is 11.9 Å². The molecule has 0 radical (unpaired) electrons. The van der Waals surface area contributed by atoms with E-state index in [2.05, 4.69) is 9.63 Å². The zero-order valence-corrected chi connectivity index (χ0v) is 7.32. The summed E-state index contributed by atoms with van der Waals surface area (Å²) in [6.07, 6.45) is 0.999. The summed E-state index contributed by atoms with van der Waals surface area (Å²) in [5.41, 5.74) is 0.530. The normalized spacial score (nSPS) is 12.1. The Kier molecular flexibility index (Phi) is 2.54. The third kappa shape index (κ3) is 3.25. The minimum Gasteiger partial charge on any atom is -0.203 e. The molecule has 0 atom stereocenters. The van der Waals surface area contributed by atoms with Crippen LogP contribution in [0.15, 0.2) is 40.0 Å². The van der Waals surface area contributed by atoms with Crippen LogP contribution in [0.1, 0.15) is 0 Å². The van der Waals surface area contributed by atoms with Gasteiger partial charge in [0.1, 0.15) is 0 Å². The van der Waals surface area contributed by atoms with Crippen LogP contribution in [-0.4, -0.2) is 14.7 Å². The molecule has 0 aromatic heterocycles. The van der Waals surface area contributed by atoms with Gasteiger partial charge in [-0.1, -0.05) is 22.7 Å². The maximum absolute atomic E-state index is 10.5. The zero-order chi connectivity index (χ0) is 9.03. The quantitative estimate of drug-likeness (QED) is 0.657. The zero-order valence-electron chi connectivity index (χ0n) is 6.51. The molecule has 0 aliphatic rings. The Labute approximate surface area is 71.0 Å². The highest BCUT2D eigenvalue weighted by atomic mass is 32.2. The Balaban J connectivity index is 2.85. The molecule has 0 aliphatic carbocycles. The molecule has 0 amide bonds. The summed E-state index contributed by atoms with van der Waals surface area (Å²) in [4.78, 5) is 0. The van der Waals surface area contributed by atoms with Crippen LogP contribution in [0, 0.1) is 0 Å². The van der Waals surface area contributed by atoms with E-state index >= 15 is 0 Å². The van der Waals surface area contributed by atoms with E-state index in [1.165, 1.54) is 0 Å². The summed E-state index contributed by atoms with van der Waals surface area (Å²) < 4.78 is 24.2. The summed E-state index contributed by atoms with van der Waals surface area (Å²) in [5, 5.41) is 3.51. The fraction of sp³-hybridized carbons (Fsp3) is 0.143. The minimum absolute atomic E-state index is 0.530.